The first kappa shape index (κ1) is 21.7. The van der Waals surface area contributed by atoms with Gasteiger partial charge in [-0.3, -0.25) is 9.59 Å². The second-order valence-corrected chi connectivity index (χ2v) is 8.23. The molecule has 28 heavy (non-hydrogen) atoms. The molecule has 6 nitrogen and oxygen atoms in total. The van der Waals surface area contributed by atoms with Gasteiger partial charge in [0.1, 0.15) is 5.82 Å². The quantitative estimate of drug-likeness (QED) is 0.510. The molecule has 0 bridgehead atoms. The molecule has 0 radical (unpaired) electrons. The lowest BCUT2D eigenvalue weighted by atomic mass is 10.0. The Morgan fingerprint density at radius 3 is 2.39 bits per heavy atom. The van der Waals surface area contributed by atoms with Gasteiger partial charge >= 0.3 is 5.97 Å². The van der Waals surface area contributed by atoms with Crippen LogP contribution in [0.1, 0.15) is 42.1 Å². The van der Waals surface area contributed by atoms with E-state index in [1.54, 1.807) is 12.1 Å². The number of ether oxygens (including phenoxy) is 1. The van der Waals surface area contributed by atoms with Crippen LogP contribution in [0.3, 0.4) is 0 Å². The minimum Gasteiger partial charge on any atom is -0.457 e. The Hall–Kier alpha value is -2.58. The number of Topliss-reactive ketones (excluding diaryl/α,β-unsaturated/α-hetero) is 1. The van der Waals surface area contributed by atoms with Crippen molar-refractivity contribution < 1.29 is 27.1 Å². The predicted molar refractivity (Wildman–Crippen MR) is 102 cm³/mol. The molecule has 0 aliphatic heterocycles. The molecular formula is C20H22FNO5S. The summed E-state index contributed by atoms with van der Waals surface area (Å²) in [5.74, 6) is -1.55. The number of hydrogen-bond donors (Lipinski definition) is 1. The molecule has 0 saturated carbocycles. The van der Waals surface area contributed by atoms with Crippen LogP contribution in [0.4, 0.5) is 4.39 Å². The largest absolute Gasteiger partial charge is 0.457 e. The molecule has 0 amide bonds. The fraction of sp³-hybridized carbons (Fsp3) is 0.300. The molecule has 2 rings (SSSR count). The smallest absolute Gasteiger partial charge is 0.307 e. The third kappa shape index (κ3) is 6.24. The van der Waals surface area contributed by atoms with Gasteiger partial charge in [-0.25, -0.2) is 17.5 Å². The van der Waals surface area contributed by atoms with Gasteiger partial charge < -0.3 is 4.74 Å². The van der Waals surface area contributed by atoms with Gasteiger partial charge in [0.25, 0.3) is 0 Å². The summed E-state index contributed by atoms with van der Waals surface area (Å²) >= 11 is 0. The van der Waals surface area contributed by atoms with Crippen molar-refractivity contribution in [2.45, 2.75) is 31.1 Å². The second-order valence-electron chi connectivity index (χ2n) is 6.47. The zero-order valence-electron chi connectivity index (χ0n) is 15.6. The van der Waals surface area contributed by atoms with E-state index in [-0.39, 0.29) is 29.3 Å². The van der Waals surface area contributed by atoms with E-state index in [9.17, 15) is 22.4 Å². The predicted octanol–water partition coefficient (Wildman–Crippen LogP) is 3.04. The summed E-state index contributed by atoms with van der Waals surface area (Å²) in [5, 5.41) is 0. The van der Waals surface area contributed by atoms with Gasteiger partial charge in [0.15, 0.2) is 12.4 Å². The van der Waals surface area contributed by atoms with E-state index in [1.165, 1.54) is 30.3 Å². The highest BCUT2D eigenvalue weighted by atomic mass is 32.2. The van der Waals surface area contributed by atoms with E-state index in [2.05, 4.69) is 4.72 Å². The van der Waals surface area contributed by atoms with Crippen molar-refractivity contribution in [2.24, 2.45) is 0 Å². The summed E-state index contributed by atoms with van der Waals surface area (Å²) in [7, 11) is -3.74. The molecule has 0 fully saturated rings. The van der Waals surface area contributed by atoms with Crippen LogP contribution < -0.4 is 4.72 Å². The lowest BCUT2D eigenvalue weighted by Crippen LogP contribution is -2.27. The highest BCUT2D eigenvalue weighted by molar-refractivity contribution is 7.89. The van der Waals surface area contributed by atoms with E-state index in [0.717, 1.165) is 11.6 Å². The van der Waals surface area contributed by atoms with Crippen molar-refractivity contribution in [1.29, 1.82) is 0 Å². The molecule has 0 heterocycles. The molecule has 0 aliphatic carbocycles. The highest BCUT2D eigenvalue weighted by Crippen LogP contribution is 2.17. The fourth-order valence-electron chi connectivity index (χ4n) is 2.37. The van der Waals surface area contributed by atoms with Crippen LogP contribution in [0, 0.1) is 5.82 Å². The van der Waals surface area contributed by atoms with Crippen LogP contribution in [-0.4, -0.2) is 33.3 Å². The van der Waals surface area contributed by atoms with Crippen molar-refractivity contribution in [3.8, 4) is 0 Å². The molecule has 0 atom stereocenters. The monoisotopic (exact) mass is 407 g/mol. The first-order valence-electron chi connectivity index (χ1n) is 8.73. The number of esters is 1. The average molecular weight is 407 g/mol. The molecule has 1 N–H and O–H groups in total. The van der Waals surface area contributed by atoms with Gasteiger partial charge in [0.2, 0.25) is 10.0 Å². The third-order valence-corrected chi connectivity index (χ3v) is 5.47. The number of rotatable bonds is 9. The van der Waals surface area contributed by atoms with Gasteiger partial charge in [-0.2, -0.15) is 0 Å². The van der Waals surface area contributed by atoms with Gasteiger partial charge in [-0.05, 0) is 35.7 Å². The molecule has 150 valence electrons. The van der Waals surface area contributed by atoms with Crippen LogP contribution in [0.25, 0.3) is 0 Å². The molecule has 0 unspecified atom stereocenters. The molecule has 2 aromatic carbocycles. The van der Waals surface area contributed by atoms with E-state index in [4.69, 9.17) is 4.74 Å². The van der Waals surface area contributed by atoms with Crippen molar-refractivity contribution >= 4 is 21.8 Å². The van der Waals surface area contributed by atoms with E-state index >= 15 is 0 Å². The molecule has 0 spiro atoms. The number of ketones is 1. The molecule has 8 heteroatoms. The van der Waals surface area contributed by atoms with Gasteiger partial charge in [-0.1, -0.05) is 38.1 Å². The number of nitrogens with one attached hydrogen (secondary N) is 1. The minimum atomic E-state index is -3.74. The number of hydrogen-bond acceptors (Lipinski definition) is 5. The Labute approximate surface area is 163 Å². The van der Waals surface area contributed by atoms with Crippen LogP contribution >= 0.6 is 0 Å². The fourth-order valence-corrected chi connectivity index (χ4v) is 3.40. The van der Waals surface area contributed by atoms with Crippen molar-refractivity contribution in [2.75, 3.05) is 13.2 Å². The molecule has 0 saturated heterocycles. The Kier molecular flexibility index (Phi) is 7.42. The van der Waals surface area contributed by atoms with E-state index in [0.29, 0.717) is 0 Å². The summed E-state index contributed by atoms with van der Waals surface area (Å²) in [6.45, 7) is 3.31. The van der Waals surface area contributed by atoms with E-state index < -0.39 is 34.2 Å². The maximum absolute atomic E-state index is 13.1. The van der Waals surface area contributed by atoms with Crippen LogP contribution in [-0.2, 0) is 19.6 Å². The maximum atomic E-state index is 13.1. The molecular weight excluding hydrogens is 385 g/mol. The second kappa shape index (κ2) is 9.57. The van der Waals surface area contributed by atoms with E-state index in [1.807, 2.05) is 13.8 Å². The first-order chi connectivity index (χ1) is 13.2. The number of halogens is 1. The van der Waals surface area contributed by atoms with Gasteiger partial charge in [0.05, 0.1) is 11.3 Å². The number of benzene rings is 2. The Morgan fingerprint density at radius 2 is 1.79 bits per heavy atom. The SMILES string of the molecule is CC(C)c1ccc(S(=O)(=O)NCCC(=O)OCC(=O)c2cccc(F)c2)cc1. The number of sulfonamides is 1. The lowest BCUT2D eigenvalue weighted by Gasteiger charge is -2.09. The van der Waals surface area contributed by atoms with Crippen molar-refractivity contribution in [1.82, 2.24) is 4.72 Å². The van der Waals surface area contributed by atoms with Gasteiger partial charge in [-0.15, -0.1) is 0 Å². The minimum absolute atomic E-state index is 0.0957. The zero-order chi connectivity index (χ0) is 20.7. The van der Waals surface area contributed by atoms with Crippen molar-refractivity contribution in [3.63, 3.8) is 0 Å². The zero-order valence-corrected chi connectivity index (χ0v) is 16.5. The molecule has 2 aromatic rings. The summed E-state index contributed by atoms with van der Waals surface area (Å²) < 4.78 is 44.7. The third-order valence-electron chi connectivity index (χ3n) is 3.99. The average Bonchev–Trinajstić information content (AvgIpc) is 2.66. The van der Waals surface area contributed by atoms with Crippen LogP contribution in [0.15, 0.2) is 53.4 Å². The summed E-state index contributed by atoms with van der Waals surface area (Å²) in [4.78, 5) is 23.6. The van der Waals surface area contributed by atoms with Crippen LogP contribution in [0.2, 0.25) is 0 Å². The standard InChI is InChI=1S/C20H22FNO5S/c1-14(2)15-6-8-18(9-7-15)28(25,26)22-11-10-20(24)27-13-19(23)16-4-3-5-17(21)12-16/h3-9,12,14,22H,10-11,13H2,1-2H3. The maximum Gasteiger partial charge on any atom is 0.307 e. The molecule has 0 aliphatic rings. The summed E-state index contributed by atoms with van der Waals surface area (Å²) in [6.07, 6.45) is -0.236. The topological polar surface area (TPSA) is 89.5 Å². The first-order valence-corrected chi connectivity index (χ1v) is 10.2. The normalized spacial score (nSPS) is 11.4. The molecule has 0 aromatic heterocycles. The Balaban J connectivity index is 1.80. The van der Waals surface area contributed by atoms with Crippen molar-refractivity contribution in [3.05, 3.63) is 65.5 Å². The lowest BCUT2D eigenvalue weighted by molar-refractivity contribution is -0.142. The highest BCUT2D eigenvalue weighted by Gasteiger charge is 2.16. The summed E-state index contributed by atoms with van der Waals surface area (Å²) in [5.41, 5.74) is 1.11. The number of carbonyl (C=O) groups excluding carboxylic acids is 2. The Bertz CT molecular complexity index is 939. The van der Waals surface area contributed by atoms with Crippen LogP contribution in [0.5, 0.6) is 0 Å². The summed E-state index contributed by atoms with van der Waals surface area (Å²) in [6, 6.07) is 11.5. The van der Waals surface area contributed by atoms with Gasteiger partial charge in [0, 0.05) is 12.1 Å². The Morgan fingerprint density at radius 1 is 1.11 bits per heavy atom. The number of carbonyl (C=O) groups is 2.